The van der Waals surface area contributed by atoms with Crippen molar-refractivity contribution in [2.45, 2.75) is 19.3 Å². The van der Waals surface area contributed by atoms with Gasteiger partial charge in [-0.3, -0.25) is 4.79 Å². The fourth-order valence-corrected chi connectivity index (χ4v) is 3.29. The molecule has 0 atom stereocenters. The monoisotopic (exact) mass is 272 g/mol. The maximum absolute atomic E-state index is 12.9. The van der Waals surface area contributed by atoms with E-state index in [1.54, 1.807) is 0 Å². The highest BCUT2D eigenvalue weighted by Gasteiger charge is 2.16. The molecule has 0 spiro atoms. The van der Waals surface area contributed by atoms with E-state index >= 15 is 0 Å². The zero-order chi connectivity index (χ0) is 14.2. The van der Waals surface area contributed by atoms with Crippen LogP contribution in [0, 0.1) is 0 Å². The van der Waals surface area contributed by atoms with Crippen molar-refractivity contribution in [3.05, 3.63) is 82.9 Å². The fourth-order valence-electron chi connectivity index (χ4n) is 3.29. The summed E-state index contributed by atoms with van der Waals surface area (Å²) in [5.74, 6) is 0.126. The van der Waals surface area contributed by atoms with Gasteiger partial charge in [-0.25, -0.2) is 0 Å². The summed E-state index contributed by atoms with van der Waals surface area (Å²) in [5.41, 5.74) is 4.36. The van der Waals surface area contributed by atoms with Gasteiger partial charge in [0.15, 0.2) is 5.78 Å². The van der Waals surface area contributed by atoms with Gasteiger partial charge in [0.1, 0.15) is 0 Å². The highest BCUT2D eigenvalue weighted by atomic mass is 16.1. The Kier molecular flexibility index (Phi) is 2.85. The van der Waals surface area contributed by atoms with Crippen LogP contribution < -0.4 is 0 Å². The summed E-state index contributed by atoms with van der Waals surface area (Å²) in [4.78, 5) is 12.9. The third-order valence-electron chi connectivity index (χ3n) is 4.39. The molecule has 1 heteroatoms. The molecule has 0 saturated carbocycles. The largest absolute Gasteiger partial charge is 0.289 e. The van der Waals surface area contributed by atoms with Crippen molar-refractivity contribution < 1.29 is 4.79 Å². The van der Waals surface area contributed by atoms with E-state index in [-0.39, 0.29) is 5.78 Å². The van der Waals surface area contributed by atoms with E-state index in [2.05, 4.69) is 24.3 Å². The molecule has 0 saturated heterocycles. The minimum absolute atomic E-state index is 0.126. The van der Waals surface area contributed by atoms with E-state index in [0.29, 0.717) is 0 Å². The minimum atomic E-state index is 0.126. The van der Waals surface area contributed by atoms with Crippen LogP contribution in [0.5, 0.6) is 0 Å². The summed E-state index contributed by atoms with van der Waals surface area (Å²) >= 11 is 0. The summed E-state index contributed by atoms with van der Waals surface area (Å²) in [5, 5.41) is 2.15. The Morgan fingerprint density at radius 3 is 2.57 bits per heavy atom. The lowest BCUT2D eigenvalue weighted by molar-refractivity contribution is 0.104. The van der Waals surface area contributed by atoms with Crippen LogP contribution in [0.4, 0.5) is 0 Å². The Morgan fingerprint density at radius 2 is 1.62 bits per heavy atom. The Hall–Kier alpha value is -2.41. The van der Waals surface area contributed by atoms with Crippen LogP contribution in [-0.4, -0.2) is 5.78 Å². The molecule has 0 heterocycles. The number of hydrogen-bond donors (Lipinski definition) is 0. The molecule has 0 aromatic heterocycles. The average molecular weight is 272 g/mol. The predicted octanol–water partition coefficient (Wildman–Crippen LogP) is 4.56. The van der Waals surface area contributed by atoms with Crippen LogP contribution >= 0.6 is 0 Å². The molecular weight excluding hydrogens is 256 g/mol. The highest BCUT2D eigenvalue weighted by molar-refractivity contribution is 6.16. The molecule has 3 aromatic carbocycles. The van der Waals surface area contributed by atoms with E-state index in [9.17, 15) is 4.79 Å². The number of ketones is 1. The molecule has 0 bridgehead atoms. The smallest absolute Gasteiger partial charge is 0.193 e. The molecule has 0 N–H and O–H groups in total. The molecule has 4 rings (SSSR count). The third kappa shape index (κ3) is 2.06. The maximum Gasteiger partial charge on any atom is 0.193 e. The molecule has 0 aliphatic heterocycles. The van der Waals surface area contributed by atoms with Crippen LogP contribution in [0.1, 0.15) is 33.5 Å². The number of carbonyl (C=O) groups is 1. The summed E-state index contributed by atoms with van der Waals surface area (Å²) in [6, 6.07) is 20.2. The lowest BCUT2D eigenvalue weighted by Gasteiger charge is -2.07. The topological polar surface area (TPSA) is 17.1 Å². The van der Waals surface area contributed by atoms with Gasteiger partial charge in [-0.15, -0.1) is 0 Å². The van der Waals surface area contributed by atoms with Crippen LogP contribution in [-0.2, 0) is 12.8 Å². The van der Waals surface area contributed by atoms with Crippen LogP contribution in [0.2, 0.25) is 0 Å². The number of rotatable bonds is 2. The van der Waals surface area contributed by atoms with Crippen molar-refractivity contribution in [3.63, 3.8) is 0 Å². The van der Waals surface area contributed by atoms with Gasteiger partial charge in [-0.05, 0) is 47.2 Å². The van der Waals surface area contributed by atoms with Gasteiger partial charge >= 0.3 is 0 Å². The number of hydrogen-bond acceptors (Lipinski definition) is 1. The van der Waals surface area contributed by atoms with Crippen molar-refractivity contribution in [3.8, 4) is 0 Å². The van der Waals surface area contributed by atoms with Crippen LogP contribution in [0.3, 0.4) is 0 Å². The number of benzene rings is 3. The molecular formula is C20H16O. The molecule has 21 heavy (non-hydrogen) atoms. The Labute approximate surface area is 124 Å². The lowest BCUT2D eigenvalue weighted by atomic mass is 9.95. The molecule has 3 aromatic rings. The van der Waals surface area contributed by atoms with Crippen molar-refractivity contribution in [2.75, 3.05) is 0 Å². The molecule has 102 valence electrons. The van der Waals surface area contributed by atoms with Gasteiger partial charge in [-0.1, -0.05) is 54.6 Å². The molecule has 0 fully saturated rings. The first-order valence-electron chi connectivity index (χ1n) is 7.47. The van der Waals surface area contributed by atoms with Crippen LogP contribution in [0.25, 0.3) is 10.8 Å². The van der Waals surface area contributed by atoms with Gasteiger partial charge in [0.2, 0.25) is 0 Å². The quantitative estimate of drug-likeness (QED) is 0.625. The second-order valence-corrected chi connectivity index (χ2v) is 5.69. The third-order valence-corrected chi connectivity index (χ3v) is 4.39. The molecule has 1 aliphatic rings. The number of aryl methyl sites for hydroxylation is 2. The second-order valence-electron chi connectivity index (χ2n) is 5.69. The van der Waals surface area contributed by atoms with E-state index in [0.717, 1.165) is 34.7 Å². The zero-order valence-corrected chi connectivity index (χ0v) is 11.8. The molecule has 1 aliphatic carbocycles. The summed E-state index contributed by atoms with van der Waals surface area (Å²) in [6.07, 6.45) is 3.46. The fraction of sp³-hybridized carbons (Fsp3) is 0.150. The molecule has 0 amide bonds. The van der Waals surface area contributed by atoms with E-state index in [4.69, 9.17) is 0 Å². The van der Waals surface area contributed by atoms with Crippen molar-refractivity contribution in [1.29, 1.82) is 0 Å². The summed E-state index contributed by atoms with van der Waals surface area (Å²) in [7, 11) is 0. The van der Waals surface area contributed by atoms with Gasteiger partial charge in [0, 0.05) is 11.1 Å². The maximum atomic E-state index is 12.9. The van der Waals surface area contributed by atoms with E-state index in [1.165, 1.54) is 17.5 Å². The average Bonchev–Trinajstić information content (AvgIpc) is 3.01. The van der Waals surface area contributed by atoms with E-state index < -0.39 is 0 Å². The van der Waals surface area contributed by atoms with Gasteiger partial charge in [0.05, 0.1) is 0 Å². The second kappa shape index (κ2) is 4.85. The SMILES string of the molecule is O=C(c1ccc2c(c1)CCC2)c1cccc2ccccc12. The first kappa shape index (κ1) is 12.3. The number of fused-ring (bicyclic) bond motifs is 2. The standard InChI is InChI=1S/C20H16O/c21-20(17-12-11-14-6-3-8-16(14)13-17)19-10-4-7-15-5-1-2-9-18(15)19/h1-2,4-5,7,9-13H,3,6,8H2. The molecule has 0 unspecified atom stereocenters. The molecule has 1 nitrogen and oxygen atoms in total. The van der Waals surface area contributed by atoms with Crippen LogP contribution in [0.15, 0.2) is 60.7 Å². The summed E-state index contributed by atoms with van der Waals surface area (Å²) < 4.78 is 0. The Balaban J connectivity index is 1.83. The Bertz CT molecular complexity index is 840. The van der Waals surface area contributed by atoms with Gasteiger partial charge in [0.25, 0.3) is 0 Å². The van der Waals surface area contributed by atoms with Crippen molar-refractivity contribution in [1.82, 2.24) is 0 Å². The Morgan fingerprint density at radius 1 is 0.810 bits per heavy atom. The van der Waals surface area contributed by atoms with Crippen molar-refractivity contribution >= 4 is 16.6 Å². The van der Waals surface area contributed by atoms with Gasteiger partial charge < -0.3 is 0 Å². The normalized spacial score (nSPS) is 13.3. The van der Waals surface area contributed by atoms with Crippen molar-refractivity contribution in [2.24, 2.45) is 0 Å². The minimum Gasteiger partial charge on any atom is -0.289 e. The number of carbonyl (C=O) groups excluding carboxylic acids is 1. The predicted molar refractivity (Wildman–Crippen MR) is 85.8 cm³/mol. The first-order chi connectivity index (χ1) is 10.3. The molecule has 0 radical (unpaired) electrons. The van der Waals surface area contributed by atoms with Gasteiger partial charge in [-0.2, -0.15) is 0 Å². The first-order valence-corrected chi connectivity index (χ1v) is 7.47. The lowest BCUT2D eigenvalue weighted by Crippen LogP contribution is -2.03. The highest BCUT2D eigenvalue weighted by Crippen LogP contribution is 2.26. The van der Waals surface area contributed by atoms with E-state index in [1.807, 2.05) is 36.4 Å². The zero-order valence-electron chi connectivity index (χ0n) is 11.8. The summed E-state index contributed by atoms with van der Waals surface area (Å²) in [6.45, 7) is 0.